The van der Waals surface area contributed by atoms with Gasteiger partial charge in [0.1, 0.15) is 5.54 Å². The second-order valence-corrected chi connectivity index (χ2v) is 5.42. The fourth-order valence-corrected chi connectivity index (χ4v) is 1.93. The normalized spacial score (nSPS) is 12.3. The average Bonchev–Trinajstić information content (AvgIpc) is 2.44. The highest BCUT2D eigenvalue weighted by atomic mass is 32.2. The van der Waals surface area contributed by atoms with Crippen molar-refractivity contribution in [1.29, 1.82) is 0 Å². The van der Waals surface area contributed by atoms with E-state index in [0.717, 1.165) is 12.1 Å². The van der Waals surface area contributed by atoms with Crippen LogP contribution in [0.3, 0.4) is 0 Å². The molecule has 0 aliphatic carbocycles. The first-order chi connectivity index (χ1) is 9.75. The Bertz CT molecular complexity index is 466. The molecular weight excluding hydrogens is 311 g/mol. The van der Waals surface area contributed by atoms with E-state index < -0.39 is 36.8 Å². The number of carbonyl (C=O) groups excluding carboxylic acids is 1. The molecule has 4 N–H and O–H groups in total. The van der Waals surface area contributed by atoms with Gasteiger partial charge in [-0.3, -0.25) is 4.79 Å². The Morgan fingerprint density at radius 2 is 1.52 bits per heavy atom. The van der Waals surface area contributed by atoms with Gasteiger partial charge in [0, 0.05) is 10.5 Å². The van der Waals surface area contributed by atoms with Crippen molar-refractivity contribution in [3.05, 3.63) is 29.8 Å². The van der Waals surface area contributed by atoms with Crippen molar-refractivity contribution in [3.8, 4) is 0 Å². The molecule has 0 aromatic heterocycles. The number of hydrogen-bond acceptors (Lipinski definition) is 5. The van der Waals surface area contributed by atoms with E-state index in [0.29, 0.717) is 0 Å². The lowest BCUT2D eigenvalue weighted by Gasteiger charge is -2.28. The molecule has 0 radical (unpaired) electrons. The number of rotatable bonds is 6. The number of hydrogen-bond donors (Lipinski definition) is 4. The minimum atomic E-state index is -4.41. The van der Waals surface area contributed by atoms with E-state index in [1.165, 1.54) is 12.1 Å². The van der Waals surface area contributed by atoms with Gasteiger partial charge in [0.25, 0.3) is 5.91 Å². The molecule has 0 atom stereocenters. The summed E-state index contributed by atoms with van der Waals surface area (Å²) < 4.78 is 36.5. The van der Waals surface area contributed by atoms with Crippen molar-refractivity contribution in [2.75, 3.05) is 19.8 Å². The fraction of sp³-hybridized carbons (Fsp3) is 0.417. The molecule has 0 bridgehead atoms. The van der Waals surface area contributed by atoms with Crippen molar-refractivity contribution in [2.45, 2.75) is 15.9 Å². The summed E-state index contributed by atoms with van der Waals surface area (Å²) in [6.07, 6.45) is 0. The molecule has 21 heavy (non-hydrogen) atoms. The van der Waals surface area contributed by atoms with E-state index in [9.17, 15) is 18.0 Å². The summed E-state index contributed by atoms with van der Waals surface area (Å²) in [5.41, 5.74) is -5.96. The van der Waals surface area contributed by atoms with Crippen LogP contribution in [0.2, 0.25) is 0 Å². The third kappa shape index (κ3) is 5.20. The number of carbonyl (C=O) groups is 1. The molecule has 0 aliphatic rings. The summed E-state index contributed by atoms with van der Waals surface area (Å²) in [6.45, 7) is -2.06. The molecule has 0 saturated heterocycles. The van der Waals surface area contributed by atoms with Crippen molar-refractivity contribution in [2.24, 2.45) is 0 Å². The highest BCUT2D eigenvalue weighted by molar-refractivity contribution is 8.00. The minimum absolute atomic E-state index is 0.0428. The summed E-state index contributed by atoms with van der Waals surface area (Å²) in [5, 5.41) is 29.5. The molecule has 1 aromatic rings. The van der Waals surface area contributed by atoms with E-state index in [2.05, 4.69) is 5.32 Å². The van der Waals surface area contributed by atoms with E-state index in [4.69, 9.17) is 15.3 Å². The fourth-order valence-electron chi connectivity index (χ4n) is 1.39. The lowest BCUT2D eigenvalue weighted by atomic mass is 10.0. The van der Waals surface area contributed by atoms with E-state index in [1.807, 2.05) is 0 Å². The Balaban J connectivity index is 2.80. The molecule has 0 heterocycles. The van der Waals surface area contributed by atoms with Crippen molar-refractivity contribution >= 4 is 17.7 Å². The maximum absolute atomic E-state index is 12.2. The van der Waals surface area contributed by atoms with Gasteiger partial charge in [0.2, 0.25) is 0 Å². The third-order valence-electron chi connectivity index (χ3n) is 2.64. The number of amides is 1. The Labute approximate surface area is 122 Å². The molecule has 0 fully saturated rings. The topological polar surface area (TPSA) is 89.8 Å². The maximum atomic E-state index is 12.2. The van der Waals surface area contributed by atoms with Crippen LogP contribution in [0.15, 0.2) is 29.2 Å². The van der Waals surface area contributed by atoms with Gasteiger partial charge in [-0.2, -0.15) is 13.2 Å². The van der Waals surface area contributed by atoms with Crippen LogP contribution in [0.1, 0.15) is 10.4 Å². The number of alkyl halides is 3. The molecular formula is C12H14F3NO4S. The highest BCUT2D eigenvalue weighted by Gasteiger charge is 2.31. The van der Waals surface area contributed by atoms with Gasteiger partial charge in [0.05, 0.1) is 19.8 Å². The zero-order valence-corrected chi connectivity index (χ0v) is 11.5. The SMILES string of the molecule is O=C(NC(CO)(CO)CO)c1ccc(SC(F)(F)F)cc1. The van der Waals surface area contributed by atoms with Crippen LogP contribution in [-0.4, -0.2) is 52.1 Å². The van der Waals surface area contributed by atoms with Crippen LogP contribution in [0.25, 0.3) is 0 Å². The van der Waals surface area contributed by atoms with E-state index >= 15 is 0 Å². The van der Waals surface area contributed by atoms with Gasteiger partial charge < -0.3 is 20.6 Å². The van der Waals surface area contributed by atoms with Crippen LogP contribution in [0.5, 0.6) is 0 Å². The summed E-state index contributed by atoms with van der Waals surface area (Å²) in [5.74, 6) is -0.726. The third-order valence-corrected chi connectivity index (χ3v) is 3.38. The van der Waals surface area contributed by atoms with Gasteiger partial charge in [-0.05, 0) is 36.0 Å². The van der Waals surface area contributed by atoms with Crippen LogP contribution < -0.4 is 5.32 Å². The largest absolute Gasteiger partial charge is 0.446 e. The first-order valence-corrected chi connectivity index (χ1v) is 6.58. The van der Waals surface area contributed by atoms with Crippen molar-refractivity contribution in [1.82, 2.24) is 5.32 Å². The number of thioether (sulfide) groups is 1. The summed E-state index contributed by atoms with van der Waals surface area (Å²) >= 11 is -0.304. The molecule has 0 unspecified atom stereocenters. The zero-order valence-electron chi connectivity index (χ0n) is 10.7. The molecule has 0 saturated carbocycles. The van der Waals surface area contributed by atoms with Crippen molar-refractivity contribution in [3.63, 3.8) is 0 Å². The first kappa shape index (κ1) is 17.8. The Hall–Kier alpha value is -1.29. The van der Waals surface area contributed by atoms with Crippen LogP contribution in [-0.2, 0) is 0 Å². The smallest absolute Gasteiger partial charge is 0.394 e. The van der Waals surface area contributed by atoms with Gasteiger partial charge in [-0.1, -0.05) is 0 Å². The molecule has 1 rings (SSSR count). The standard InChI is InChI=1S/C12H14F3NO4S/c13-12(14,15)21-9-3-1-8(2-4-9)10(20)16-11(5-17,6-18)7-19/h1-4,17-19H,5-7H2,(H,16,20). The second-order valence-electron chi connectivity index (χ2n) is 4.28. The van der Waals surface area contributed by atoms with E-state index in [-0.39, 0.29) is 22.2 Å². The zero-order chi connectivity index (χ0) is 16.1. The van der Waals surface area contributed by atoms with Crippen molar-refractivity contribution < 1.29 is 33.3 Å². The molecule has 0 aliphatic heterocycles. The average molecular weight is 325 g/mol. The summed E-state index contributed by atoms with van der Waals surface area (Å²) in [7, 11) is 0. The summed E-state index contributed by atoms with van der Waals surface area (Å²) in [6, 6.07) is 4.62. The lowest BCUT2D eigenvalue weighted by molar-refractivity contribution is -0.0328. The van der Waals surface area contributed by atoms with Crippen LogP contribution in [0, 0.1) is 0 Å². The molecule has 1 amide bonds. The second kappa shape index (κ2) is 7.12. The molecule has 9 heteroatoms. The monoisotopic (exact) mass is 325 g/mol. The molecule has 5 nitrogen and oxygen atoms in total. The molecule has 0 spiro atoms. The van der Waals surface area contributed by atoms with Crippen LogP contribution in [0.4, 0.5) is 13.2 Å². The van der Waals surface area contributed by atoms with Gasteiger partial charge in [-0.15, -0.1) is 0 Å². The summed E-state index contributed by atoms with van der Waals surface area (Å²) in [4.78, 5) is 11.8. The maximum Gasteiger partial charge on any atom is 0.446 e. The number of benzene rings is 1. The highest BCUT2D eigenvalue weighted by Crippen LogP contribution is 2.36. The Morgan fingerprint density at radius 1 is 1.05 bits per heavy atom. The molecule has 1 aromatic carbocycles. The Morgan fingerprint density at radius 3 is 1.90 bits per heavy atom. The lowest BCUT2D eigenvalue weighted by Crippen LogP contribution is -2.57. The molecule has 118 valence electrons. The van der Waals surface area contributed by atoms with Gasteiger partial charge >= 0.3 is 5.51 Å². The van der Waals surface area contributed by atoms with Gasteiger partial charge in [0.15, 0.2) is 0 Å². The number of aliphatic hydroxyl groups is 3. The van der Waals surface area contributed by atoms with Crippen LogP contribution >= 0.6 is 11.8 Å². The minimum Gasteiger partial charge on any atom is -0.394 e. The Kier molecular flexibility index (Phi) is 6.02. The first-order valence-electron chi connectivity index (χ1n) is 5.76. The van der Waals surface area contributed by atoms with E-state index in [1.54, 1.807) is 0 Å². The quantitative estimate of drug-likeness (QED) is 0.580. The number of halogens is 3. The predicted octanol–water partition coefficient (Wildman–Crippen LogP) is 0.744. The van der Waals surface area contributed by atoms with Gasteiger partial charge in [-0.25, -0.2) is 0 Å². The predicted molar refractivity (Wildman–Crippen MR) is 69.8 cm³/mol. The number of nitrogens with one attached hydrogen (secondary N) is 1. The number of aliphatic hydroxyl groups excluding tert-OH is 3.